The Labute approximate surface area is 147 Å². The van der Waals surface area contributed by atoms with Gasteiger partial charge >= 0.3 is 6.18 Å². The van der Waals surface area contributed by atoms with Crippen LogP contribution in [0.1, 0.15) is 37.3 Å². The lowest BCUT2D eigenvalue weighted by molar-refractivity contribution is -0.137. The summed E-state index contributed by atoms with van der Waals surface area (Å²) in [6.45, 7) is 5.72. The first-order chi connectivity index (χ1) is 11.9. The summed E-state index contributed by atoms with van der Waals surface area (Å²) in [6.07, 6.45) is -0.702. The Balaban J connectivity index is 1.81. The maximum atomic E-state index is 12.6. The molecular weight excluding hydrogens is 329 g/mol. The van der Waals surface area contributed by atoms with Crippen LogP contribution in [0.2, 0.25) is 0 Å². The molecule has 1 saturated heterocycles. The van der Waals surface area contributed by atoms with Crippen LogP contribution < -0.4 is 10.6 Å². The summed E-state index contributed by atoms with van der Waals surface area (Å²) >= 11 is 0. The van der Waals surface area contributed by atoms with E-state index in [2.05, 4.69) is 27.4 Å². The minimum Gasteiger partial charge on any atom is -0.355 e. The molecule has 0 saturated carbocycles. The van der Waals surface area contributed by atoms with Gasteiger partial charge in [-0.25, -0.2) is 0 Å². The molecule has 1 heterocycles. The van der Waals surface area contributed by atoms with Crippen molar-refractivity contribution in [2.45, 2.75) is 44.9 Å². The number of benzene rings is 1. The van der Waals surface area contributed by atoms with Crippen LogP contribution in [0.4, 0.5) is 13.2 Å². The van der Waals surface area contributed by atoms with Crippen LogP contribution in [0.5, 0.6) is 0 Å². The minimum absolute atomic E-state index is 0.429. The van der Waals surface area contributed by atoms with E-state index in [-0.39, 0.29) is 0 Å². The van der Waals surface area contributed by atoms with E-state index in [1.165, 1.54) is 25.0 Å². The van der Waals surface area contributed by atoms with E-state index < -0.39 is 11.7 Å². The highest BCUT2D eigenvalue weighted by Gasteiger charge is 2.29. The third kappa shape index (κ3) is 5.92. The molecule has 1 aromatic rings. The van der Waals surface area contributed by atoms with Crippen LogP contribution in [0.15, 0.2) is 29.3 Å². The Bertz CT molecular complexity index is 548. The first-order valence-corrected chi connectivity index (χ1v) is 8.78. The number of hydrogen-bond acceptors (Lipinski definition) is 2. The predicted octanol–water partition coefficient (Wildman–Crippen LogP) is 3.24. The molecule has 7 heteroatoms. The molecule has 2 rings (SSSR count). The molecule has 1 aromatic carbocycles. The van der Waals surface area contributed by atoms with Gasteiger partial charge in [0.2, 0.25) is 0 Å². The second-order valence-electron chi connectivity index (χ2n) is 6.31. The molecular formula is C18H27F3N4. The van der Waals surface area contributed by atoms with Crippen molar-refractivity contribution in [3.63, 3.8) is 0 Å². The first-order valence-electron chi connectivity index (χ1n) is 8.78. The lowest BCUT2D eigenvalue weighted by Gasteiger charge is -2.27. The van der Waals surface area contributed by atoms with Crippen molar-refractivity contribution >= 4 is 5.96 Å². The van der Waals surface area contributed by atoms with Crippen LogP contribution in [-0.2, 0) is 12.7 Å². The summed E-state index contributed by atoms with van der Waals surface area (Å²) in [7, 11) is 1.69. The van der Waals surface area contributed by atoms with Gasteiger partial charge in [-0.15, -0.1) is 0 Å². The average molecular weight is 356 g/mol. The van der Waals surface area contributed by atoms with Crippen LogP contribution in [-0.4, -0.2) is 43.6 Å². The Morgan fingerprint density at radius 2 is 1.80 bits per heavy atom. The number of halogens is 3. The van der Waals surface area contributed by atoms with Gasteiger partial charge in [-0.1, -0.05) is 19.1 Å². The van der Waals surface area contributed by atoms with E-state index in [0.717, 1.165) is 43.8 Å². The van der Waals surface area contributed by atoms with Crippen molar-refractivity contribution in [2.75, 3.05) is 26.7 Å². The molecule has 140 valence electrons. The zero-order valence-corrected chi connectivity index (χ0v) is 14.9. The molecule has 0 aliphatic carbocycles. The fourth-order valence-electron chi connectivity index (χ4n) is 3.07. The largest absolute Gasteiger partial charge is 0.416 e. The fraction of sp³-hybridized carbons (Fsp3) is 0.611. The van der Waals surface area contributed by atoms with Crippen LogP contribution >= 0.6 is 0 Å². The van der Waals surface area contributed by atoms with Gasteiger partial charge in [0.25, 0.3) is 0 Å². The lowest BCUT2D eigenvalue weighted by atomic mass is 10.1. The van der Waals surface area contributed by atoms with Gasteiger partial charge in [-0.05, 0) is 50.0 Å². The number of alkyl halides is 3. The van der Waals surface area contributed by atoms with Crippen molar-refractivity contribution in [2.24, 2.45) is 4.99 Å². The molecule has 0 radical (unpaired) electrons. The number of likely N-dealkylation sites (tertiary alicyclic amines) is 1. The molecule has 1 fully saturated rings. The van der Waals surface area contributed by atoms with E-state index in [0.29, 0.717) is 18.5 Å². The molecule has 1 aliphatic rings. The standard InChI is InChI=1S/C18H27F3N4/c1-3-16(25-10-4-5-11-25)13-24-17(22-2)23-12-14-6-8-15(9-7-14)18(19,20)21/h6-9,16H,3-5,10-13H2,1-2H3,(H2,22,23,24). The zero-order valence-electron chi connectivity index (χ0n) is 14.9. The van der Waals surface area contributed by atoms with Gasteiger partial charge in [0.1, 0.15) is 0 Å². The summed E-state index contributed by atoms with van der Waals surface area (Å²) in [5.41, 5.74) is 0.151. The number of rotatable bonds is 6. The van der Waals surface area contributed by atoms with E-state index >= 15 is 0 Å². The molecule has 1 unspecified atom stereocenters. The lowest BCUT2D eigenvalue weighted by Crippen LogP contribution is -2.46. The predicted molar refractivity (Wildman–Crippen MR) is 94.5 cm³/mol. The van der Waals surface area contributed by atoms with Crippen molar-refractivity contribution in [3.8, 4) is 0 Å². The zero-order chi connectivity index (χ0) is 18.3. The van der Waals surface area contributed by atoms with E-state index in [1.807, 2.05) is 0 Å². The van der Waals surface area contributed by atoms with Gasteiger partial charge in [0.05, 0.1) is 5.56 Å². The first kappa shape index (κ1) is 19.6. The monoisotopic (exact) mass is 356 g/mol. The second-order valence-corrected chi connectivity index (χ2v) is 6.31. The maximum Gasteiger partial charge on any atom is 0.416 e. The Morgan fingerprint density at radius 1 is 1.16 bits per heavy atom. The number of hydrogen-bond donors (Lipinski definition) is 2. The van der Waals surface area contributed by atoms with E-state index in [9.17, 15) is 13.2 Å². The fourth-order valence-corrected chi connectivity index (χ4v) is 3.07. The third-order valence-corrected chi connectivity index (χ3v) is 4.60. The molecule has 1 aliphatic heterocycles. The molecule has 25 heavy (non-hydrogen) atoms. The maximum absolute atomic E-state index is 12.6. The molecule has 0 spiro atoms. The van der Waals surface area contributed by atoms with Crippen molar-refractivity contribution in [3.05, 3.63) is 35.4 Å². The SMILES string of the molecule is CCC(CNC(=NC)NCc1ccc(C(F)(F)F)cc1)N1CCCC1. The molecule has 2 N–H and O–H groups in total. The van der Waals surface area contributed by atoms with Gasteiger partial charge < -0.3 is 10.6 Å². The van der Waals surface area contributed by atoms with Gasteiger partial charge in [0.15, 0.2) is 5.96 Å². The van der Waals surface area contributed by atoms with E-state index in [1.54, 1.807) is 7.05 Å². The highest BCUT2D eigenvalue weighted by atomic mass is 19.4. The summed E-state index contributed by atoms with van der Waals surface area (Å²) in [5, 5.41) is 6.47. The summed E-state index contributed by atoms with van der Waals surface area (Å²) in [6, 6.07) is 5.67. The van der Waals surface area contributed by atoms with Crippen LogP contribution in [0.25, 0.3) is 0 Å². The second kappa shape index (κ2) is 9.08. The molecule has 1 atom stereocenters. The summed E-state index contributed by atoms with van der Waals surface area (Å²) < 4.78 is 37.7. The summed E-state index contributed by atoms with van der Waals surface area (Å²) in [5.74, 6) is 0.664. The molecule has 4 nitrogen and oxygen atoms in total. The number of nitrogens with zero attached hydrogens (tertiary/aromatic N) is 2. The number of nitrogens with one attached hydrogen (secondary N) is 2. The average Bonchev–Trinajstić information content (AvgIpc) is 3.12. The molecule has 0 aromatic heterocycles. The topological polar surface area (TPSA) is 39.7 Å². The normalized spacial score (nSPS) is 17.6. The van der Waals surface area contributed by atoms with Gasteiger partial charge in [-0.2, -0.15) is 13.2 Å². The third-order valence-electron chi connectivity index (χ3n) is 4.60. The van der Waals surface area contributed by atoms with Crippen LogP contribution in [0, 0.1) is 0 Å². The Morgan fingerprint density at radius 3 is 2.32 bits per heavy atom. The highest BCUT2D eigenvalue weighted by Crippen LogP contribution is 2.29. The van der Waals surface area contributed by atoms with Crippen molar-refractivity contribution in [1.82, 2.24) is 15.5 Å². The smallest absolute Gasteiger partial charge is 0.355 e. The Hall–Kier alpha value is -1.76. The quantitative estimate of drug-likeness (QED) is 0.607. The molecule has 0 bridgehead atoms. The highest BCUT2D eigenvalue weighted by molar-refractivity contribution is 5.79. The Kier molecular flexibility index (Phi) is 7.11. The minimum atomic E-state index is -4.30. The number of guanidine groups is 1. The van der Waals surface area contributed by atoms with Gasteiger partial charge in [-0.3, -0.25) is 9.89 Å². The van der Waals surface area contributed by atoms with Gasteiger partial charge in [0, 0.05) is 26.2 Å². The van der Waals surface area contributed by atoms with Crippen molar-refractivity contribution in [1.29, 1.82) is 0 Å². The number of aliphatic imine (C=N–C) groups is 1. The van der Waals surface area contributed by atoms with E-state index in [4.69, 9.17) is 0 Å². The summed E-state index contributed by atoms with van der Waals surface area (Å²) in [4.78, 5) is 6.68. The molecule has 0 amide bonds. The van der Waals surface area contributed by atoms with Crippen molar-refractivity contribution < 1.29 is 13.2 Å². The van der Waals surface area contributed by atoms with Crippen LogP contribution in [0.3, 0.4) is 0 Å².